The van der Waals surface area contributed by atoms with Gasteiger partial charge >= 0.3 is 0 Å². The number of rotatable bonds is 1. The minimum absolute atomic E-state index is 0.158. The van der Waals surface area contributed by atoms with Crippen LogP contribution < -0.4 is 5.32 Å². The van der Waals surface area contributed by atoms with E-state index >= 15 is 0 Å². The van der Waals surface area contributed by atoms with Gasteiger partial charge in [0.15, 0.2) is 0 Å². The standard InChI is InChI=1S/C9H13N3O2/c1-6(5-10)9(14)12-4-3-11-8(13)7(12)2/h6-7H,3-4H2,1-2H3,(H,11,13). The number of carbonyl (C=O) groups is 2. The van der Waals surface area contributed by atoms with E-state index in [9.17, 15) is 9.59 Å². The first-order chi connectivity index (χ1) is 6.57. The van der Waals surface area contributed by atoms with E-state index < -0.39 is 12.0 Å². The van der Waals surface area contributed by atoms with Crippen LogP contribution >= 0.6 is 0 Å². The molecule has 0 spiro atoms. The summed E-state index contributed by atoms with van der Waals surface area (Å²) >= 11 is 0. The number of amides is 2. The average Bonchev–Trinajstić information content (AvgIpc) is 2.20. The molecule has 0 aromatic heterocycles. The molecule has 76 valence electrons. The molecule has 0 aromatic rings. The third kappa shape index (κ3) is 1.84. The molecule has 0 saturated carbocycles. The van der Waals surface area contributed by atoms with Gasteiger partial charge in [-0.3, -0.25) is 9.59 Å². The number of nitriles is 1. The summed E-state index contributed by atoms with van der Waals surface area (Å²) in [7, 11) is 0. The van der Waals surface area contributed by atoms with E-state index in [2.05, 4.69) is 5.32 Å². The molecule has 0 aliphatic carbocycles. The largest absolute Gasteiger partial charge is 0.353 e. The molecule has 5 heteroatoms. The maximum Gasteiger partial charge on any atom is 0.242 e. The number of piperazine rings is 1. The molecule has 1 heterocycles. The average molecular weight is 195 g/mol. The van der Waals surface area contributed by atoms with E-state index in [-0.39, 0.29) is 11.8 Å². The predicted molar refractivity (Wildman–Crippen MR) is 49.0 cm³/mol. The highest BCUT2D eigenvalue weighted by atomic mass is 16.2. The molecule has 14 heavy (non-hydrogen) atoms. The van der Waals surface area contributed by atoms with Crippen molar-refractivity contribution in [2.75, 3.05) is 13.1 Å². The van der Waals surface area contributed by atoms with Gasteiger partial charge in [0.2, 0.25) is 11.8 Å². The zero-order valence-corrected chi connectivity index (χ0v) is 8.28. The Labute approximate surface area is 82.7 Å². The highest BCUT2D eigenvalue weighted by Gasteiger charge is 2.31. The lowest BCUT2D eigenvalue weighted by Crippen LogP contribution is -2.56. The van der Waals surface area contributed by atoms with E-state index in [0.717, 1.165) is 0 Å². The van der Waals surface area contributed by atoms with E-state index in [4.69, 9.17) is 5.26 Å². The summed E-state index contributed by atoms with van der Waals surface area (Å²) < 4.78 is 0. The van der Waals surface area contributed by atoms with Gasteiger partial charge in [-0.2, -0.15) is 5.26 Å². The maximum absolute atomic E-state index is 11.6. The third-order valence-corrected chi connectivity index (χ3v) is 2.35. The summed E-state index contributed by atoms with van der Waals surface area (Å²) in [6.07, 6.45) is 0. The van der Waals surface area contributed by atoms with Crippen LogP contribution in [0.15, 0.2) is 0 Å². The molecule has 2 atom stereocenters. The Kier molecular flexibility index (Phi) is 3.07. The van der Waals surface area contributed by atoms with Crippen LogP contribution in [0.2, 0.25) is 0 Å². The summed E-state index contributed by atoms with van der Waals surface area (Å²) in [6.45, 7) is 4.16. The summed E-state index contributed by atoms with van der Waals surface area (Å²) in [6, 6.07) is 1.41. The molecule has 2 unspecified atom stereocenters. The van der Waals surface area contributed by atoms with Gasteiger partial charge in [-0.25, -0.2) is 0 Å². The summed E-state index contributed by atoms with van der Waals surface area (Å²) in [5.41, 5.74) is 0. The Morgan fingerprint density at radius 2 is 2.43 bits per heavy atom. The fourth-order valence-electron chi connectivity index (χ4n) is 1.39. The molecule has 1 rings (SSSR count). The zero-order chi connectivity index (χ0) is 10.7. The van der Waals surface area contributed by atoms with Gasteiger partial charge in [0, 0.05) is 13.1 Å². The highest BCUT2D eigenvalue weighted by Crippen LogP contribution is 2.09. The minimum Gasteiger partial charge on any atom is -0.353 e. The number of hydrogen-bond donors (Lipinski definition) is 1. The van der Waals surface area contributed by atoms with Crippen LogP contribution in [0.5, 0.6) is 0 Å². The van der Waals surface area contributed by atoms with Gasteiger partial charge in [-0.05, 0) is 13.8 Å². The van der Waals surface area contributed by atoms with Crippen LogP contribution in [0.25, 0.3) is 0 Å². The maximum atomic E-state index is 11.6. The molecular formula is C9H13N3O2. The Bertz CT molecular complexity index is 295. The molecule has 0 radical (unpaired) electrons. The smallest absolute Gasteiger partial charge is 0.242 e. The fraction of sp³-hybridized carbons (Fsp3) is 0.667. The minimum atomic E-state index is -0.677. The van der Waals surface area contributed by atoms with Crippen molar-refractivity contribution in [1.82, 2.24) is 10.2 Å². The SMILES string of the molecule is CC(C#N)C(=O)N1CCNC(=O)C1C. The van der Waals surface area contributed by atoms with Gasteiger partial charge in [-0.1, -0.05) is 0 Å². The van der Waals surface area contributed by atoms with Gasteiger partial charge in [0.1, 0.15) is 12.0 Å². The molecule has 0 aromatic carbocycles. The van der Waals surface area contributed by atoms with E-state index in [0.29, 0.717) is 13.1 Å². The van der Waals surface area contributed by atoms with E-state index in [1.807, 2.05) is 6.07 Å². The van der Waals surface area contributed by atoms with Crippen LogP contribution in [0, 0.1) is 17.2 Å². The van der Waals surface area contributed by atoms with Gasteiger partial charge in [0.05, 0.1) is 6.07 Å². The van der Waals surface area contributed by atoms with Gasteiger partial charge in [0.25, 0.3) is 0 Å². The highest BCUT2D eigenvalue weighted by molar-refractivity contribution is 5.90. The monoisotopic (exact) mass is 195 g/mol. The van der Waals surface area contributed by atoms with Crippen molar-refractivity contribution in [3.63, 3.8) is 0 Å². The molecule has 5 nitrogen and oxygen atoms in total. The van der Waals surface area contributed by atoms with Crippen molar-refractivity contribution in [3.05, 3.63) is 0 Å². The normalized spacial score (nSPS) is 23.6. The lowest BCUT2D eigenvalue weighted by molar-refractivity contribution is -0.143. The van der Waals surface area contributed by atoms with E-state index in [1.54, 1.807) is 13.8 Å². The third-order valence-electron chi connectivity index (χ3n) is 2.35. The second-order valence-electron chi connectivity index (χ2n) is 3.35. The Hall–Kier alpha value is -1.57. The topological polar surface area (TPSA) is 73.2 Å². The van der Waals surface area contributed by atoms with Crippen LogP contribution in [0.3, 0.4) is 0 Å². The molecule has 1 saturated heterocycles. The summed E-state index contributed by atoms with van der Waals surface area (Å²) in [4.78, 5) is 24.3. The lowest BCUT2D eigenvalue weighted by Gasteiger charge is -2.33. The van der Waals surface area contributed by atoms with Crippen molar-refractivity contribution in [2.24, 2.45) is 5.92 Å². The predicted octanol–water partition coefficient (Wildman–Crippen LogP) is -0.507. The molecule has 1 fully saturated rings. The Balaban J connectivity index is 2.72. The number of hydrogen-bond acceptors (Lipinski definition) is 3. The Morgan fingerprint density at radius 1 is 1.79 bits per heavy atom. The number of nitrogens with zero attached hydrogens (tertiary/aromatic N) is 2. The lowest BCUT2D eigenvalue weighted by atomic mass is 10.1. The van der Waals surface area contributed by atoms with Crippen molar-refractivity contribution >= 4 is 11.8 Å². The van der Waals surface area contributed by atoms with Crippen molar-refractivity contribution < 1.29 is 9.59 Å². The summed E-state index contributed by atoms with van der Waals surface area (Å²) in [5.74, 6) is -1.10. The number of carbonyl (C=O) groups excluding carboxylic acids is 2. The first-order valence-electron chi connectivity index (χ1n) is 4.55. The van der Waals surface area contributed by atoms with Crippen molar-refractivity contribution in [2.45, 2.75) is 19.9 Å². The molecule has 1 aliphatic heterocycles. The number of nitrogens with one attached hydrogen (secondary N) is 1. The molecule has 0 bridgehead atoms. The van der Waals surface area contributed by atoms with Gasteiger partial charge in [-0.15, -0.1) is 0 Å². The van der Waals surface area contributed by atoms with Crippen LogP contribution in [-0.4, -0.2) is 35.8 Å². The van der Waals surface area contributed by atoms with Crippen LogP contribution in [0.1, 0.15) is 13.8 Å². The second-order valence-corrected chi connectivity index (χ2v) is 3.35. The fourth-order valence-corrected chi connectivity index (χ4v) is 1.39. The summed E-state index contributed by atoms with van der Waals surface area (Å²) in [5, 5.41) is 11.2. The van der Waals surface area contributed by atoms with Crippen molar-refractivity contribution in [1.29, 1.82) is 5.26 Å². The van der Waals surface area contributed by atoms with Crippen molar-refractivity contribution in [3.8, 4) is 6.07 Å². The van der Waals surface area contributed by atoms with E-state index in [1.165, 1.54) is 4.90 Å². The zero-order valence-electron chi connectivity index (χ0n) is 8.28. The van der Waals surface area contributed by atoms with Gasteiger partial charge < -0.3 is 10.2 Å². The molecule has 2 amide bonds. The molecule has 1 aliphatic rings. The molecular weight excluding hydrogens is 182 g/mol. The first-order valence-corrected chi connectivity index (χ1v) is 4.55. The quantitative estimate of drug-likeness (QED) is 0.612. The van der Waals surface area contributed by atoms with Crippen LogP contribution in [-0.2, 0) is 9.59 Å². The molecule has 1 N–H and O–H groups in total. The van der Waals surface area contributed by atoms with Crippen LogP contribution in [0.4, 0.5) is 0 Å². The second kappa shape index (κ2) is 4.09. The Morgan fingerprint density at radius 3 is 3.00 bits per heavy atom. The first kappa shape index (κ1) is 10.5.